The van der Waals surface area contributed by atoms with Gasteiger partial charge in [-0.15, -0.1) is 0 Å². The number of unbranched alkanes of at least 4 members (excludes halogenated alkanes) is 3. The van der Waals surface area contributed by atoms with E-state index in [-0.39, 0.29) is 5.92 Å². The highest BCUT2D eigenvalue weighted by molar-refractivity contribution is 5.80. The Bertz CT molecular complexity index is 176. The number of ketones is 1. The molecule has 0 spiro atoms. The number of carbonyl (C=O) groups excluding carboxylic acids is 1. The van der Waals surface area contributed by atoms with Gasteiger partial charge in [0.1, 0.15) is 5.78 Å². The number of nitrogens with one attached hydrogen (secondary N) is 1. The Labute approximate surface area is 101 Å². The first-order valence-electron chi connectivity index (χ1n) is 6.77. The van der Waals surface area contributed by atoms with Gasteiger partial charge in [0.05, 0.1) is 0 Å². The molecule has 0 aromatic heterocycles. The summed E-state index contributed by atoms with van der Waals surface area (Å²) in [6, 6.07) is 0. The quantitative estimate of drug-likeness (QED) is 0.579. The highest BCUT2D eigenvalue weighted by Crippen LogP contribution is 2.07. The Morgan fingerprint density at radius 3 is 2.19 bits per heavy atom. The maximum absolute atomic E-state index is 11.3. The van der Waals surface area contributed by atoms with Crippen molar-refractivity contribution < 1.29 is 4.79 Å². The van der Waals surface area contributed by atoms with Crippen molar-refractivity contribution in [3.63, 3.8) is 0 Å². The lowest BCUT2D eigenvalue weighted by Gasteiger charge is -2.07. The zero-order chi connectivity index (χ0) is 12.4. The maximum atomic E-state index is 11.3. The van der Waals surface area contributed by atoms with Gasteiger partial charge in [0.25, 0.3) is 0 Å². The minimum Gasteiger partial charge on any atom is -0.316 e. The van der Waals surface area contributed by atoms with Crippen LogP contribution in [0.1, 0.15) is 59.8 Å². The zero-order valence-electron chi connectivity index (χ0n) is 11.5. The van der Waals surface area contributed by atoms with Crippen molar-refractivity contribution in [1.29, 1.82) is 0 Å². The first-order chi connectivity index (χ1) is 7.54. The van der Waals surface area contributed by atoms with Gasteiger partial charge in [0.15, 0.2) is 0 Å². The summed E-state index contributed by atoms with van der Waals surface area (Å²) >= 11 is 0. The van der Waals surface area contributed by atoms with Gasteiger partial charge in [-0.1, -0.05) is 40.5 Å². The van der Waals surface area contributed by atoms with Gasteiger partial charge in [0.2, 0.25) is 0 Å². The number of rotatable bonds is 10. The summed E-state index contributed by atoms with van der Waals surface area (Å²) in [6.45, 7) is 10.7. The van der Waals surface area contributed by atoms with E-state index in [2.05, 4.69) is 19.2 Å². The molecule has 0 amide bonds. The second-order valence-corrected chi connectivity index (χ2v) is 5.38. The third-order valence-electron chi connectivity index (χ3n) is 2.72. The van der Waals surface area contributed by atoms with Crippen molar-refractivity contribution in [2.75, 3.05) is 13.1 Å². The molecular weight excluding hydrogens is 198 g/mol. The average molecular weight is 227 g/mol. The van der Waals surface area contributed by atoms with Crippen LogP contribution in [-0.2, 0) is 4.79 Å². The lowest BCUT2D eigenvalue weighted by molar-refractivity contribution is -0.122. The molecule has 0 aromatic carbocycles. The molecule has 0 heterocycles. The summed E-state index contributed by atoms with van der Waals surface area (Å²) in [7, 11) is 0. The van der Waals surface area contributed by atoms with Crippen molar-refractivity contribution in [3.8, 4) is 0 Å². The average Bonchev–Trinajstić information content (AvgIpc) is 2.21. The topological polar surface area (TPSA) is 29.1 Å². The molecule has 2 heteroatoms. The van der Waals surface area contributed by atoms with Gasteiger partial charge in [-0.3, -0.25) is 4.79 Å². The van der Waals surface area contributed by atoms with E-state index in [0.29, 0.717) is 5.78 Å². The van der Waals surface area contributed by atoms with E-state index >= 15 is 0 Å². The Morgan fingerprint density at radius 2 is 1.62 bits per heavy atom. The highest BCUT2D eigenvalue weighted by atomic mass is 16.1. The van der Waals surface area contributed by atoms with Gasteiger partial charge in [-0.25, -0.2) is 0 Å². The second kappa shape index (κ2) is 9.83. The Hall–Kier alpha value is -0.370. The van der Waals surface area contributed by atoms with E-state index in [0.717, 1.165) is 31.8 Å². The van der Waals surface area contributed by atoms with Crippen molar-refractivity contribution in [1.82, 2.24) is 5.32 Å². The molecule has 0 bridgehead atoms. The summed E-state index contributed by atoms with van der Waals surface area (Å²) < 4.78 is 0. The molecule has 16 heavy (non-hydrogen) atoms. The predicted octanol–water partition coefficient (Wildman–Crippen LogP) is 3.41. The van der Waals surface area contributed by atoms with Crippen molar-refractivity contribution in [3.05, 3.63) is 0 Å². The molecular formula is C14H29NO. The number of Topliss-reactive ketones (excluding diaryl/α,β-unsaturated/α-hetero) is 1. The number of hydrogen-bond acceptors (Lipinski definition) is 2. The normalized spacial score (nSPS) is 11.4. The lowest BCUT2D eigenvalue weighted by Crippen LogP contribution is -2.20. The fraction of sp³-hybridized carbons (Fsp3) is 0.929. The van der Waals surface area contributed by atoms with E-state index < -0.39 is 0 Å². The zero-order valence-corrected chi connectivity index (χ0v) is 11.5. The van der Waals surface area contributed by atoms with Gasteiger partial charge in [-0.2, -0.15) is 0 Å². The van der Waals surface area contributed by atoms with E-state index in [4.69, 9.17) is 0 Å². The Kier molecular flexibility index (Phi) is 9.60. The van der Waals surface area contributed by atoms with Crippen LogP contribution < -0.4 is 5.32 Å². The monoisotopic (exact) mass is 227 g/mol. The van der Waals surface area contributed by atoms with E-state index in [9.17, 15) is 4.79 Å². The third-order valence-corrected chi connectivity index (χ3v) is 2.72. The van der Waals surface area contributed by atoms with E-state index in [1.165, 1.54) is 19.3 Å². The van der Waals surface area contributed by atoms with Crippen LogP contribution in [0.25, 0.3) is 0 Å². The van der Waals surface area contributed by atoms with Crippen LogP contribution in [0, 0.1) is 11.8 Å². The fourth-order valence-corrected chi connectivity index (χ4v) is 1.58. The molecule has 0 saturated carbocycles. The standard InChI is InChI=1S/C14H29NO/c1-12(2)11-15-10-8-6-5-7-9-14(16)13(3)4/h12-13,15H,5-11H2,1-4H3. The van der Waals surface area contributed by atoms with E-state index in [1.807, 2.05) is 13.8 Å². The van der Waals surface area contributed by atoms with Crippen LogP contribution in [-0.4, -0.2) is 18.9 Å². The minimum absolute atomic E-state index is 0.215. The molecule has 1 N–H and O–H groups in total. The third kappa shape index (κ3) is 10.2. The molecule has 96 valence electrons. The van der Waals surface area contributed by atoms with Gasteiger partial charge in [0, 0.05) is 12.3 Å². The van der Waals surface area contributed by atoms with Crippen molar-refractivity contribution in [2.45, 2.75) is 59.8 Å². The van der Waals surface area contributed by atoms with Crippen LogP contribution in [0.15, 0.2) is 0 Å². The largest absolute Gasteiger partial charge is 0.316 e. The van der Waals surface area contributed by atoms with Gasteiger partial charge in [-0.05, 0) is 31.8 Å². The summed E-state index contributed by atoms with van der Waals surface area (Å²) in [5.74, 6) is 1.37. The minimum atomic E-state index is 0.215. The first kappa shape index (κ1) is 15.6. The molecule has 0 rings (SSSR count). The molecule has 0 unspecified atom stereocenters. The molecule has 0 aromatic rings. The summed E-state index contributed by atoms with van der Waals surface area (Å²) in [5, 5.41) is 3.44. The highest BCUT2D eigenvalue weighted by Gasteiger charge is 2.05. The summed E-state index contributed by atoms with van der Waals surface area (Å²) in [4.78, 5) is 11.3. The van der Waals surface area contributed by atoms with Gasteiger partial charge >= 0.3 is 0 Å². The molecule has 2 nitrogen and oxygen atoms in total. The number of carbonyl (C=O) groups is 1. The molecule has 0 atom stereocenters. The molecule has 0 aliphatic rings. The van der Waals surface area contributed by atoms with Gasteiger partial charge < -0.3 is 5.32 Å². The predicted molar refractivity (Wildman–Crippen MR) is 70.6 cm³/mol. The molecule has 0 aliphatic heterocycles. The SMILES string of the molecule is CC(C)CNCCCCCCC(=O)C(C)C. The summed E-state index contributed by atoms with van der Waals surface area (Å²) in [5.41, 5.74) is 0. The maximum Gasteiger partial charge on any atom is 0.135 e. The van der Waals surface area contributed by atoms with Crippen LogP contribution in [0.5, 0.6) is 0 Å². The van der Waals surface area contributed by atoms with Crippen molar-refractivity contribution >= 4 is 5.78 Å². The first-order valence-corrected chi connectivity index (χ1v) is 6.77. The molecule has 0 aliphatic carbocycles. The molecule has 0 saturated heterocycles. The second-order valence-electron chi connectivity index (χ2n) is 5.38. The number of hydrogen-bond donors (Lipinski definition) is 1. The summed E-state index contributed by atoms with van der Waals surface area (Å²) in [6.07, 6.45) is 5.53. The smallest absolute Gasteiger partial charge is 0.135 e. The van der Waals surface area contributed by atoms with Crippen molar-refractivity contribution in [2.24, 2.45) is 11.8 Å². The van der Waals surface area contributed by atoms with Crippen LogP contribution in [0.2, 0.25) is 0 Å². The lowest BCUT2D eigenvalue weighted by atomic mass is 10.0. The van der Waals surface area contributed by atoms with Crippen LogP contribution in [0.4, 0.5) is 0 Å². The van der Waals surface area contributed by atoms with Crippen LogP contribution >= 0.6 is 0 Å². The Morgan fingerprint density at radius 1 is 1.00 bits per heavy atom. The van der Waals surface area contributed by atoms with E-state index in [1.54, 1.807) is 0 Å². The molecule has 0 radical (unpaired) electrons. The van der Waals surface area contributed by atoms with Crippen LogP contribution in [0.3, 0.4) is 0 Å². The Balaban J connectivity index is 3.13. The fourth-order valence-electron chi connectivity index (χ4n) is 1.58. The molecule has 0 fully saturated rings.